The molecule has 2 aliphatic rings. The van der Waals surface area contributed by atoms with E-state index in [1.165, 1.54) is 24.6 Å². The van der Waals surface area contributed by atoms with E-state index in [-0.39, 0.29) is 35.4 Å². The molecule has 2 N–H and O–H groups in total. The van der Waals surface area contributed by atoms with Gasteiger partial charge in [0.1, 0.15) is 23.7 Å². The summed E-state index contributed by atoms with van der Waals surface area (Å²) in [6.45, 7) is 10.1. The Kier molecular flexibility index (Phi) is 12.2. The van der Waals surface area contributed by atoms with Crippen molar-refractivity contribution in [3.8, 4) is 0 Å². The molecule has 0 radical (unpaired) electrons. The van der Waals surface area contributed by atoms with Crippen molar-refractivity contribution >= 4 is 35.5 Å². The third-order valence-corrected chi connectivity index (χ3v) is 9.43. The first-order valence-corrected chi connectivity index (χ1v) is 16.4. The van der Waals surface area contributed by atoms with E-state index in [4.69, 9.17) is 4.52 Å². The second-order valence-corrected chi connectivity index (χ2v) is 12.7. The summed E-state index contributed by atoms with van der Waals surface area (Å²) in [5.74, 6) is -2.88. The van der Waals surface area contributed by atoms with E-state index in [0.717, 1.165) is 38.8 Å². The van der Waals surface area contributed by atoms with Crippen molar-refractivity contribution < 1.29 is 28.1 Å². The molecule has 2 heterocycles. The minimum Gasteiger partial charge on any atom is -0.364 e. The fourth-order valence-electron chi connectivity index (χ4n) is 6.18. The van der Waals surface area contributed by atoms with Crippen LogP contribution in [0.15, 0.2) is 34.0 Å². The van der Waals surface area contributed by atoms with Gasteiger partial charge in [-0.3, -0.25) is 19.2 Å². The second kappa shape index (κ2) is 16.1. The Morgan fingerprint density at radius 3 is 2.43 bits per heavy atom. The Morgan fingerprint density at radius 1 is 1.11 bits per heavy atom. The SMILES string of the molecule is CCC(=O)N[C@@H](C(=O)N1CCN(C)CC1)[C@@H](C)c1ccc(NC(=O)C(C=NC(=O)c2conc2CC)C2CCC(C)CC2)c(F)c1. The molecule has 1 aliphatic heterocycles. The maximum absolute atomic E-state index is 15.6. The van der Waals surface area contributed by atoms with Crippen LogP contribution < -0.4 is 10.6 Å². The van der Waals surface area contributed by atoms with Gasteiger partial charge in [-0.1, -0.05) is 51.8 Å². The third kappa shape index (κ3) is 8.65. The molecule has 0 bridgehead atoms. The smallest absolute Gasteiger partial charge is 0.281 e. The van der Waals surface area contributed by atoms with Crippen LogP contribution in [0.25, 0.3) is 0 Å². The summed E-state index contributed by atoms with van der Waals surface area (Å²) in [6, 6.07) is 3.58. The molecule has 2 aromatic rings. The molecular formula is C34H47FN6O5. The fourth-order valence-corrected chi connectivity index (χ4v) is 6.18. The molecular weight excluding hydrogens is 591 g/mol. The lowest BCUT2D eigenvalue weighted by atomic mass is 9.76. The van der Waals surface area contributed by atoms with Crippen molar-refractivity contribution in [1.29, 1.82) is 0 Å². The van der Waals surface area contributed by atoms with E-state index in [1.807, 2.05) is 14.0 Å². The molecule has 1 saturated heterocycles. The van der Waals surface area contributed by atoms with Gasteiger partial charge < -0.3 is 25.0 Å². The number of benzene rings is 1. The first-order valence-electron chi connectivity index (χ1n) is 16.4. The summed E-state index contributed by atoms with van der Waals surface area (Å²) in [4.78, 5) is 60.4. The maximum atomic E-state index is 15.6. The lowest BCUT2D eigenvalue weighted by Gasteiger charge is -2.36. The number of aromatic nitrogens is 1. The number of carbonyl (C=O) groups is 4. The van der Waals surface area contributed by atoms with Crippen molar-refractivity contribution in [2.24, 2.45) is 22.7 Å². The summed E-state index contributed by atoms with van der Waals surface area (Å²) < 4.78 is 20.5. The van der Waals surface area contributed by atoms with E-state index in [9.17, 15) is 19.2 Å². The number of carbonyl (C=O) groups excluding carboxylic acids is 4. The number of piperazine rings is 1. The number of amides is 4. The van der Waals surface area contributed by atoms with Gasteiger partial charge in [0.15, 0.2) is 0 Å². The first kappa shape index (κ1) is 34.9. The minimum absolute atomic E-state index is 0.0123. The zero-order valence-corrected chi connectivity index (χ0v) is 27.6. The highest BCUT2D eigenvalue weighted by Crippen LogP contribution is 2.34. The van der Waals surface area contributed by atoms with Gasteiger partial charge in [0.25, 0.3) is 5.91 Å². The van der Waals surface area contributed by atoms with Crippen LogP contribution in [0.5, 0.6) is 0 Å². The third-order valence-electron chi connectivity index (χ3n) is 9.43. The molecule has 12 heteroatoms. The quantitative estimate of drug-likeness (QED) is 0.347. The molecule has 11 nitrogen and oxygen atoms in total. The highest BCUT2D eigenvalue weighted by Gasteiger charge is 2.34. The lowest BCUT2D eigenvalue weighted by molar-refractivity contribution is -0.138. The summed E-state index contributed by atoms with van der Waals surface area (Å²) in [5.41, 5.74) is 1.25. The summed E-state index contributed by atoms with van der Waals surface area (Å²) in [5, 5.41) is 9.40. The highest BCUT2D eigenvalue weighted by atomic mass is 19.1. The number of hydrogen-bond acceptors (Lipinski definition) is 7. The van der Waals surface area contributed by atoms with Crippen molar-refractivity contribution in [3.63, 3.8) is 0 Å². The molecule has 0 spiro atoms. The molecule has 250 valence electrons. The minimum atomic E-state index is -0.860. The fraction of sp³-hybridized carbons (Fsp3) is 0.588. The number of aryl methyl sites for hydroxylation is 1. The largest absolute Gasteiger partial charge is 0.364 e. The van der Waals surface area contributed by atoms with Crippen LogP contribution in [0.2, 0.25) is 0 Å². The zero-order chi connectivity index (χ0) is 33.4. The van der Waals surface area contributed by atoms with Crippen molar-refractivity contribution in [2.45, 2.75) is 78.2 Å². The van der Waals surface area contributed by atoms with Crippen LogP contribution in [0.1, 0.15) is 87.3 Å². The first-order chi connectivity index (χ1) is 22.0. The molecule has 1 unspecified atom stereocenters. The van der Waals surface area contributed by atoms with Gasteiger partial charge in [0, 0.05) is 44.7 Å². The van der Waals surface area contributed by atoms with E-state index in [1.54, 1.807) is 24.8 Å². The Bertz CT molecular complexity index is 1410. The normalized spacial score (nSPS) is 21.0. The molecule has 1 saturated carbocycles. The van der Waals surface area contributed by atoms with Gasteiger partial charge in [-0.2, -0.15) is 0 Å². The Balaban J connectivity index is 1.52. The van der Waals surface area contributed by atoms with Crippen LogP contribution in [0.3, 0.4) is 0 Å². The van der Waals surface area contributed by atoms with E-state index in [2.05, 4.69) is 32.6 Å². The predicted octanol–water partition coefficient (Wildman–Crippen LogP) is 4.44. The van der Waals surface area contributed by atoms with Gasteiger partial charge >= 0.3 is 0 Å². The monoisotopic (exact) mass is 638 g/mol. The topological polar surface area (TPSA) is 137 Å². The number of rotatable bonds is 11. The molecule has 46 heavy (non-hydrogen) atoms. The number of anilines is 1. The second-order valence-electron chi connectivity index (χ2n) is 12.7. The average Bonchev–Trinajstić information content (AvgIpc) is 3.54. The number of hydrogen-bond donors (Lipinski definition) is 2. The van der Waals surface area contributed by atoms with Crippen molar-refractivity contribution in [2.75, 3.05) is 38.5 Å². The summed E-state index contributed by atoms with van der Waals surface area (Å²) in [6.07, 6.45) is 6.83. The Labute approximate surface area is 270 Å². The molecule has 4 rings (SSSR count). The summed E-state index contributed by atoms with van der Waals surface area (Å²) in [7, 11) is 2.00. The zero-order valence-electron chi connectivity index (χ0n) is 27.6. The number of likely N-dealkylation sites (N-methyl/N-ethyl adjacent to an activating group) is 1. The molecule has 4 amide bonds. The predicted molar refractivity (Wildman–Crippen MR) is 173 cm³/mol. The molecule has 1 aromatic carbocycles. The van der Waals surface area contributed by atoms with Gasteiger partial charge in [0.05, 0.1) is 17.3 Å². The Hall–Kier alpha value is -3.93. The van der Waals surface area contributed by atoms with Crippen LogP contribution >= 0.6 is 0 Å². The maximum Gasteiger partial charge on any atom is 0.281 e. The molecule has 3 atom stereocenters. The van der Waals surface area contributed by atoms with Crippen LogP contribution in [0.4, 0.5) is 10.1 Å². The van der Waals surface area contributed by atoms with E-state index >= 15 is 4.39 Å². The highest BCUT2D eigenvalue weighted by molar-refractivity contribution is 6.06. The average molecular weight is 639 g/mol. The Morgan fingerprint density at radius 2 is 1.80 bits per heavy atom. The van der Waals surface area contributed by atoms with Crippen molar-refractivity contribution in [3.05, 3.63) is 47.1 Å². The van der Waals surface area contributed by atoms with Gasteiger partial charge in [-0.15, -0.1) is 0 Å². The summed E-state index contributed by atoms with van der Waals surface area (Å²) >= 11 is 0. The van der Waals surface area contributed by atoms with Crippen LogP contribution in [-0.2, 0) is 20.8 Å². The molecule has 2 fully saturated rings. The van der Waals surface area contributed by atoms with Gasteiger partial charge in [-0.25, -0.2) is 9.38 Å². The number of nitrogens with zero attached hydrogens (tertiary/aromatic N) is 4. The van der Waals surface area contributed by atoms with Crippen LogP contribution in [0, 0.1) is 23.6 Å². The number of halogens is 1. The van der Waals surface area contributed by atoms with Gasteiger partial charge in [0.2, 0.25) is 17.7 Å². The molecule has 1 aromatic heterocycles. The number of aliphatic imine (C=N–C) groups is 1. The van der Waals surface area contributed by atoms with E-state index < -0.39 is 35.5 Å². The van der Waals surface area contributed by atoms with Crippen molar-refractivity contribution in [1.82, 2.24) is 20.3 Å². The molecule has 1 aliphatic carbocycles. The van der Waals surface area contributed by atoms with Gasteiger partial charge in [-0.05, 0) is 55.8 Å². The van der Waals surface area contributed by atoms with Crippen LogP contribution in [-0.4, -0.2) is 84.1 Å². The number of nitrogens with one attached hydrogen (secondary N) is 2. The lowest BCUT2D eigenvalue weighted by Crippen LogP contribution is -2.55. The standard InChI is InChI=1S/C34H47FN6O5/c1-6-28-26(20-46-39-28)32(43)36-19-25(23-10-8-21(3)9-11-23)33(44)37-29-13-12-24(18-27(29)35)22(4)31(38-30(42)7-2)34(45)41-16-14-40(5)15-17-41/h12-13,18-23,25,31H,6-11,14-17H2,1-5H3,(H,37,44)(H,38,42)/t21?,22-,23?,25?,31+/m0/s1. The van der Waals surface area contributed by atoms with E-state index in [0.29, 0.717) is 36.7 Å².